The maximum atomic E-state index is 4.74. The maximum absolute atomic E-state index is 4.74. The van der Waals surface area contributed by atoms with E-state index in [1.165, 1.54) is 19.4 Å². The summed E-state index contributed by atoms with van der Waals surface area (Å²) in [7, 11) is 0. The number of aliphatic imine (C=N–C) groups is 1. The second-order valence-corrected chi connectivity index (χ2v) is 6.70. The Kier molecular flexibility index (Phi) is 14.0. The minimum absolute atomic E-state index is 0.450. The summed E-state index contributed by atoms with van der Waals surface area (Å²) >= 11 is 0. The van der Waals surface area contributed by atoms with E-state index >= 15 is 0 Å². The van der Waals surface area contributed by atoms with Crippen LogP contribution in [-0.4, -0.2) is 73.7 Å². The zero-order chi connectivity index (χ0) is 18.4. The first-order valence-electron chi connectivity index (χ1n) is 9.99. The highest BCUT2D eigenvalue weighted by atomic mass is 15.2. The van der Waals surface area contributed by atoms with Crippen LogP contribution in [0.2, 0.25) is 0 Å². The van der Waals surface area contributed by atoms with E-state index in [4.69, 9.17) is 4.99 Å². The second-order valence-electron chi connectivity index (χ2n) is 6.70. The van der Waals surface area contributed by atoms with E-state index in [0.29, 0.717) is 12.1 Å². The Morgan fingerprint density at radius 3 is 2.12 bits per heavy atom. The number of rotatable bonds is 13. The van der Waals surface area contributed by atoms with Crippen LogP contribution < -0.4 is 10.6 Å². The maximum Gasteiger partial charge on any atom is 0.191 e. The normalized spacial score (nSPS) is 13.8. The van der Waals surface area contributed by atoms with Gasteiger partial charge in [0.2, 0.25) is 0 Å². The van der Waals surface area contributed by atoms with Crippen LogP contribution >= 0.6 is 0 Å². The van der Waals surface area contributed by atoms with Crippen LogP contribution in [-0.2, 0) is 0 Å². The van der Waals surface area contributed by atoms with Crippen LogP contribution in [0.4, 0.5) is 0 Å². The highest BCUT2D eigenvalue weighted by Crippen LogP contribution is 2.00. The summed E-state index contributed by atoms with van der Waals surface area (Å²) in [5.74, 6) is 0.952. The lowest BCUT2D eigenvalue weighted by Gasteiger charge is -2.24. The van der Waals surface area contributed by atoms with Crippen molar-refractivity contribution < 1.29 is 0 Å². The molecule has 5 heteroatoms. The van der Waals surface area contributed by atoms with Crippen LogP contribution in [0, 0.1) is 0 Å². The van der Waals surface area contributed by atoms with E-state index in [2.05, 4.69) is 68.9 Å². The Hall–Kier alpha value is -0.810. The van der Waals surface area contributed by atoms with Crippen LogP contribution in [0.15, 0.2) is 4.99 Å². The molecule has 0 aliphatic heterocycles. The molecule has 0 heterocycles. The van der Waals surface area contributed by atoms with Gasteiger partial charge in [0.25, 0.3) is 0 Å². The number of guanidine groups is 1. The molecule has 1 unspecified atom stereocenters. The van der Waals surface area contributed by atoms with Crippen molar-refractivity contribution in [1.82, 2.24) is 20.4 Å². The molecule has 0 aromatic rings. The lowest BCUT2D eigenvalue weighted by molar-refractivity contribution is 0.240. The van der Waals surface area contributed by atoms with E-state index in [1.807, 2.05) is 0 Å². The number of nitrogens with one attached hydrogen (secondary N) is 2. The van der Waals surface area contributed by atoms with E-state index < -0.39 is 0 Å². The third-order valence-corrected chi connectivity index (χ3v) is 4.53. The first-order valence-corrected chi connectivity index (χ1v) is 9.99. The molecule has 5 nitrogen and oxygen atoms in total. The fourth-order valence-electron chi connectivity index (χ4n) is 2.86. The molecule has 0 aliphatic carbocycles. The van der Waals surface area contributed by atoms with E-state index in [9.17, 15) is 0 Å². The fourth-order valence-corrected chi connectivity index (χ4v) is 2.86. The summed E-state index contributed by atoms with van der Waals surface area (Å²) in [4.78, 5) is 9.67. The van der Waals surface area contributed by atoms with Gasteiger partial charge in [0.15, 0.2) is 5.96 Å². The Morgan fingerprint density at radius 2 is 1.62 bits per heavy atom. The average Bonchev–Trinajstić information content (AvgIpc) is 2.55. The lowest BCUT2D eigenvalue weighted by atomic mass is 10.2. The summed E-state index contributed by atoms with van der Waals surface area (Å²) < 4.78 is 0. The molecule has 0 amide bonds. The summed E-state index contributed by atoms with van der Waals surface area (Å²) in [6.07, 6.45) is 2.40. The smallest absolute Gasteiger partial charge is 0.191 e. The molecule has 144 valence electrons. The first-order chi connectivity index (χ1) is 11.5. The van der Waals surface area contributed by atoms with Gasteiger partial charge in [-0.2, -0.15) is 0 Å². The quantitative estimate of drug-likeness (QED) is 0.399. The summed E-state index contributed by atoms with van der Waals surface area (Å²) in [6, 6.07) is 1.03. The molecule has 0 aromatic heterocycles. The van der Waals surface area contributed by atoms with Gasteiger partial charge in [-0.1, -0.05) is 20.8 Å². The predicted molar refractivity (Wildman–Crippen MR) is 108 cm³/mol. The third kappa shape index (κ3) is 10.9. The van der Waals surface area contributed by atoms with Crippen molar-refractivity contribution in [3.8, 4) is 0 Å². The predicted octanol–water partition coefficient (Wildman–Crippen LogP) is 2.78. The molecule has 0 saturated carbocycles. The van der Waals surface area contributed by atoms with Crippen molar-refractivity contribution in [2.75, 3.05) is 45.8 Å². The number of nitrogens with zero attached hydrogens (tertiary/aromatic N) is 3. The summed E-state index contributed by atoms with van der Waals surface area (Å²) in [6.45, 7) is 22.9. The van der Waals surface area contributed by atoms with Crippen molar-refractivity contribution in [3.63, 3.8) is 0 Å². The largest absolute Gasteiger partial charge is 0.357 e. The van der Waals surface area contributed by atoms with Crippen molar-refractivity contribution in [2.45, 2.75) is 73.4 Å². The van der Waals surface area contributed by atoms with Crippen LogP contribution in [0.3, 0.4) is 0 Å². The molecule has 1 atom stereocenters. The minimum Gasteiger partial charge on any atom is -0.357 e. The van der Waals surface area contributed by atoms with Crippen LogP contribution in [0.25, 0.3) is 0 Å². The highest BCUT2D eigenvalue weighted by Gasteiger charge is 2.08. The van der Waals surface area contributed by atoms with Crippen molar-refractivity contribution in [2.24, 2.45) is 4.99 Å². The van der Waals surface area contributed by atoms with Gasteiger partial charge in [0, 0.05) is 25.2 Å². The van der Waals surface area contributed by atoms with Gasteiger partial charge in [-0.25, -0.2) is 0 Å². The van der Waals surface area contributed by atoms with Gasteiger partial charge in [-0.3, -0.25) is 9.89 Å². The molecular weight excluding hydrogens is 298 g/mol. The molecule has 0 aliphatic rings. The lowest BCUT2D eigenvalue weighted by Crippen LogP contribution is -2.43. The summed E-state index contributed by atoms with van der Waals surface area (Å²) in [5.41, 5.74) is 0. The average molecular weight is 342 g/mol. The summed E-state index contributed by atoms with van der Waals surface area (Å²) in [5, 5.41) is 6.92. The van der Waals surface area contributed by atoms with E-state index in [-0.39, 0.29) is 0 Å². The molecule has 2 N–H and O–H groups in total. The number of hydrogen-bond acceptors (Lipinski definition) is 3. The molecule has 0 aromatic carbocycles. The Balaban J connectivity index is 4.27. The Bertz CT molecular complexity index is 313. The van der Waals surface area contributed by atoms with Gasteiger partial charge in [-0.15, -0.1) is 0 Å². The molecule has 0 fully saturated rings. The number of hydrogen-bond donors (Lipinski definition) is 2. The van der Waals surface area contributed by atoms with Gasteiger partial charge < -0.3 is 15.5 Å². The van der Waals surface area contributed by atoms with Crippen LogP contribution in [0.1, 0.15) is 61.3 Å². The van der Waals surface area contributed by atoms with Crippen LogP contribution in [0.5, 0.6) is 0 Å². The Morgan fingerprint density at radius 1 is 0.958 bits per heavy atom. The first kappa shape index (κ1) is 23.2. The van der Waals surface area contributed by atoms with Crippen molar-refractivity contribution in [3.05, 3.63) is 0 Å². The standard InChI is InChI=1S/C19H43N5/c1-8-20-19(21-14-16-24(11-4)17(5)6)22-18(7)13-12-15-23(9-2)10-3/h17-18H,8-16H2,1-7H3,(H2,20,21,22). The van der Waals surface area contributed by atoms with Gasteiger partial charge in [0.05, 0.1) is 6.54 Å². The van der Waals surface area contributed by atoms with E-state index in [0.717, 1.165) is 45.2 Å². The van der Waals surface area contributed by atoms with Crippen molar-refractivity contribution >= 4 is 5.96 Å². The van der Waals surface area contributed by atoms with Crippen molar-refractivity contribution in [1.29, 1.82) is 0 Å². The zero-order valence-corrected chi connectivity index (χ0v) is 17.4. The molecule has 0 bridgehead atoms. The van der Waals surface area contributed by atoms with E-state index in [1.54, 1.807) is 0 Å². The third-order valence-electron chi connectivity index (χ3n) is 4.53. The SMILES string of the molecule is CCNC(=NCCN(CC)C(C)C)NC(C)CCCN(CC)CC. The highest BCUT2D eigenvalue weighted by molar-refractivity contribution is 5.80. The molecule has 0 radical (unpaired) electrons. The molecule has 24 heavy (non-hydrogen) atoms. The van der Waals surface area contributed by atoms with Gasteiger partial charge in [-0.05, 0) is 66.7 Å². The molecule has 0 spiro atoms. The molecular formula is C19H43N5. The second kappa shape index (κ2) is 14.5. The fraction of sp³-hybridized carbons (Fsp3) is 0.947. The Labute approximate surface area is 151 Å². The number of likely N-dealkylation sites (N-methyl/N-ethyl adjacent to an activating group) is 1. The van der Waals surface area contributed by atoms with Gasteiger partial charge >= 0.3 is 0 Å². The van der Waals surface area contributed by atoms with Gasteiger partial charge in [0.1, 0.15) is 0 Å². The zero-order valence-electron chi connectivity index (χ0n) is 17.4. The minimum atomic E-state index is 0.450. The monoisotopic (exact) mass is 341 g/mol. The topological polar surface area (TPSA) is 42.9 Å². The molecule has 0 saturated heterocycles. The molecule has 0 rings (SSSR count).